The molecule has 4 N–H and O–H groups in total. The highest BCUT2D eigenvalue weighted by Crippen LogP contribution is 2.43. The van der Waals surface area contributed by atoms with E-state index in [-0.39, 0.29) is 6.61 Å². The Kier molecular flexibility index (Phi) is 6.98. The SMILES string of the molecule is CNCCOc1cccc(OCC(N)=O)c1-c1nc2ccccn2c1Nc1c(C)cccc1C. The quantitative estimate of drug-likeness (QED) is 0.312. The topological polar surface area (TPSA) is 103 Å². The van der Waals surface area contributed by atoms with Gasteiger partial charge in [-0.05, 0) is 56.3 Å². The van der Waals surface area contributed by atoms with Gasteiger partial charge in [-0.15, -0.1) is 0 Å². The van der Waals surface area contributed by atoms with E-state index < -0.39 is 5.91 Å². The number of carbonyl (C=O) groups is 1. The number of rotatable bonds is 10. The zero-order valence-corrected chi connectivity index (χ0v) is 19.6. The minimum Gasteiger partial charge on any atom is -0.491 e. The Balaban J connectivity index is 1.92. The van der Waals surface area contributed by atoms with Gasteiger partial charge in [-0.2, -0.15) is 0 Å². The molecule has 0 saturated heterocycles. The van der Waals surface area contributed by atoms with Crippen molar-refractivity contribution in [2.24, 2.45) is 5.73 Å². The van der Waals surface area contributed by atoms with Crippen LogP contribution in [0.3, 0.4) is 0 Å². The minimum absolute atomic E-state index is 0.250. The number of nitrogens with one attached hydrogen (secondary N) is 2. The van der Waals surface area contributed by atoms with Gasteiger partial charge >= 0.3 is 0 Å². The van der Waals surface area contributed by atoms with Crippen LogP contribution in [0.1, 0.15) is 11.1 Å². The number of carbonyl (C=O) groups excluding carboxylic acids is 1. The van der Waals surface area contributed by atoms with Gasteiger partial charge in [0, 0.05) is 18.4 Å². The molecule has 34 heavy (non-hydrogen) atoms. The van der Waals surface area contributed by atoms with Crippen LogP contribution < -0.4 is 25.8 Å². The third-order valence-corrected chi connectivity index (χ3v) is 5.46. The molecule has 0 atom stereocenters. The molecule has 0 spiro atoms. The first-order valence-corrected chi connectivity index (χ1v) is 11.1. The van der Waals surface area contributed by atoms with E-state index in [1.807, 2.05) is 54.0 Å². The second-order valence-corrected chi connectivity index (χ2v) is 7.97. The molecule has 2 heterocycles. The van der Waals surface area contributed by atoms with E-state index >= 15 is 0 Å². The van der Waals surface area contributed by atoms with Crippen LogP contribution in [0.5, 0.6) is 11.5 Å². The average Bonchev–Trinajstić information content (AvgIpc) is 3.18. The number of anilines is 2. The van der Waals surface area contributed by atoms with Crippen molar-refractivity contribution in [2.45, 2.75) is 13.8 Å². The van der Waals surface area contributed by atoms with Crippen molar-refractivity contribution in [3.63, 3.8) is 0 Å². The summed E-state index contributed by atoms with van der Waals surface area (Å²) in [5.74, 6) is 1.27. The molecule has 0 unspecified atom stereocenters. The molecule has 1 amide bonds. The van der Waals surface area contributed by atoms with Crippen molar-refractivity contribution in [1.29, 1.82) is 0 Å². The fourth-order valence-corrected chi connectivity index (χ4v) is 3.82. The molecule has 8 nitrogen and oxygen atoms in total. The van der Waals surface area contributed by atoms with Gasteiger partial charge in [-0.1, -0.05) is 30.3 Å². The number of benzene rings is 2. The van der Waals surface area contributed by atoms with Crippen molar-refractivity contribution in [3.05, 3.63) is 71.9 Å². The number of likely N-dealkylation sites (N-methyl/N-ethyl adjacent to an activating group) is 1. The number of aromatic nitrogens is 2. The first-order valence-electron chi connectivity index (χ1n) is 11.1. The summed E-state index contributed by atoms with van der Waals surface area (Å²) in [6, 6.07) is 17.5. The number of imidazole rings is 1. The summed E-state index contributed by atoms with van der Waals surface area (Å²) in [4.78, 5) is 16.4. The van der Waals surface area contributed by atoms with Crippen LogP contribution in [-0.2, 0) is 4.79 Å². The van der Waals surface area contributed by atoms with Crippen LogP contribution in [0.25, 0.3) is 16.9 Å². The number of ether oxygens (including phenoxy) is 2. The van der Waals surface area contributed by atoms with Gasteiger partial charge in [0.2, 0.25) is 0 Å². The van der Waals surface area contributed by atoms with Gasteiger partial charge in [0.05, 0.1) is 5.56 Å². The molecule has 0 radical (unpaired) electrons. The predicted octanol–water partition coefficient (Wildman–Crippen LogP) is 3.82. The van der Waals surface area contributed by atoms with Crippen LogP contribution in [0.2, 0.25) is 0 Å². The Labute approximate surface area is 198 Å². The number of amides is 1. The Hall–Kier alpha value is -4.04. The highest BCUT2D eigenvalue weighted by molar-refractivity contribution is 5.87. The maximum atomic E-state index is 11.5. The van der Waals surface area contributed by atoms with Crippen LogP contribution in [0, 0.1) is 13.8 Å². The third-order valence-electron chi connectivity index (χ3n) is 5.46. The third kappa shape index (κ3) is 4.82. The first-order chi connectivity index (χ1) is 16.5. The monoisotopic (exact) mass is 459 g/mol. The maximum absolute atomic E-state index is 11.5. The van der Waals surface area contributed by atoms with E-state index in [2.05, 4.69) is 36.6 Å². The Bertz CT molecular complexity index is 1300. The average molecular weight is 460 g/mol. The summed E-state index contributed by atoms with van der Waals surface area (Å²) in [6.07, 6.45) is 1.95. The van der Waals surface area contributed by atoms with Crippen molar-refractivity contribution < 1.29 is 14.3 Å². The fraction of sp³-hybridized carbons (Fsp3) is 0.231. The summed E-state index contributed by atoms with van der Waals surface area (Å²) in [5, 5.41) is 6.68. The molecule has 176 valence electrons. The fourth-order valence-electron chi connectivity index (χ4n) is 3.82. The molecule has 0 aliphatic rings. The number of nitrogens with zero attached hydrogens (tertiary/aromatic N) is 2. The molecule has 0 bridgehead atoms. The Morgan fingerprint density at radius 3 is 2.41 bits per heavy atom. The molecule has 4 aromatic rings. The Morgan fingerprint density at radius 1 is 1.00 bits per heavy atom. The molecule has 4 rings (SSSR count). The maximum Gasteiger partial charge on any atom is 0.255 e. The van der Waals surface area contributed by atoms with E-state index in [0.717, 1.165) is 28.3 Å². The second kappa shape index (κ2) is 10.3. The number of nitrogens with two attached hydrogens (primary N) is 1. The van der Waals surface area contributed by atoms with Gasteiger partial charge in [0.1, 0.15) is 35.3 Å². The van der Waals surface area contributed by atoms with Crippen molar-refractivity contribution in [2.75, 3.05) is 32.1 Å². The smallest absolute Gasteiger partial charge is 0.255 e. The highest BCUT2D eigenvalue weighted by atomic mass is 16.5. The Morgan fingerprint density at radius 2 is 1.71 bits per heavy atom. The van der Waals surface area contributed by atoms with Crippen LogP contribution in [0.15, 0.2) is 60.8 Å². The lowest BCUT2D eigenvalue weighted by Gasteiger charge is -2.18. The molecule has 2 aromatic heterocycles. The lowest BCUT2D eigenvalue weighted by Crippen LogP contribution is -2.20. The summed E-state index contributed by atoms with van der Waals surface area (Å²) in [7, 11) is 1.87. The molecule has 8 heteroatoms. The van der Waals surface area contributed by atoms with Gasteiger partial charge < -0.3 is 25.8 Å². The number of fused-ring (bicyclic) bond motifs is 1. The predicted molar refractivity (Wildman–Crippen MR) is 134 cm³/mol. The standard InChI is InChI=1S/C26H29N5O3/c1-17-8-6-9-18(2)24(17)30-26-25(29-22-12-4-5-14-31(22)26)23-19(33-15-13-28-3)10-7-11-20(23)34-16-21(27)32/h4-12,14,28,30H,13,15-16H2,1-3H3,(H2,27,32). The first kappa shape index (κ1) is 23.1. The van der Waals surface area contributed by atoms with Crippen molar-refractivity contribution >= 4 is 23.1 Å². The van der Waals surface area contributed by atoms with Gasteiger partial charge in [-0.3, -0.25) is 9.20 Å². The number of primary amides is 1. The van der Waals surface area contributed by atoms with E-state index in [1.165, 1.54) is 0 Å². The van der Waals surface area contributed by atoms with Crippen LogP contribution >= 0.6 is 0 Å². The van der Waals surface area contributed by atoms with Crippen molar-refractivity contribution in [1.82, 2.24) is 14.7 Å². The number of pyridine rings is 1. The van der Waals surface area contributed by atoms with Gasteiger partial charge in [0.15, 0.2) is 6.61 Å². The molecule has 2 aromatic carbocycles. The molecular weight excluding hydrogens is 430 g/mol. The lowest BCUT2D eigenvalue weighted by atomic mass is 10.1. The highest BCUT2D eigenvalue weighted by Gasteiger charge is 2.23. The van der Waals surface area contributed by atoms with E-state index in [0.29, 0.717) is 35.9 Å². The van der Waals surface area contributed by atoms with E-state index in [4.69, 9.17) is 20.2 Å². The van der Waals surface area contributed by atoms with Crippen molar-refractivity contribution in [3.8, 4) is 22.8 Å². The van der Waals surface area contributed by atoms with E-state index in [1.54, 1.807) is 6.07 Å². The normalized spacial score (nSPS) is 10.9. The van der Waals surface area contributed by atoms with Crippen LogP contribution in [0.4, 0.5) is 11.5 Å². The zero-order chi connectivity index (χ0) is 24.1. The molecule has 0 aliphatic heterocycles. The number of hydrogen-bond acceptors (Lipinski definition) is 6. The largest absolute Gasteiger partial charge is 0.491 e. The van der Waals surface area contributed by atoms with Gasteiger partial charge in [-0.25, -0.2) is 4.98 Å². The number of para-hydroxylation sites is 1. The summed E-state index contributed by atoms with van der Waals surface area (Å²) in [6.45, 7) is 5.00. The summed E-state index contributed by atoms with van der Waals surface area (Å²) in [5.41, 5.74) is 10.6. The lowest BCUT2D eigenvalue weighted by molar-refractivity contribution is -0.119. The van der Waals surface area contributed by atoms with Crippen LogP contribution in [-0.4, -0.2) is 42.1 Å². The van der Waals surface area contributed by atoms with Gasteiger partial charge in [0.25, 0.3) is 5.91 Å². The summed E-state index contributed by atoms with van der Waals surface area (Å²) < 4.78 is 13.9. The van der Waals surface area contributed by atoms with E-state index in [9.17, 15) is 4.79 Å². The number of hydrogen-bond donors (Lipinski definition) is 3. The molecule has 0 fully saturated rings. The summed E-state index contributed by atoms with van der Waals surface area (Å²) >= 11 is 0. The number of aryl methyl sites for hydroxylation is 2. The second-order valence-electron chi connectivity index (χ2n) is 7.97. The zero-order valence-electron chi connectivity index (χ0n) is 19.6. The minimum atomic E-state index is -0.559. The molecule has 0 saturated carbocycles. The molecule has 0 aliphatic carbocycles. The molecular formula is C26H29N5O3.